The Morgan fingerprint density at radius 1 is 0.958 bits per heavy atom. The summed E-state index contributed by atoms with van der Waals surface area (Å²) in [5.74, 6) is 0. The maximum Gasteiger partial charge on any atom is 0.127 e. The normalized spacial score (nSPS) is 31.4. The van der Waals surface area contributed by atoms with Gasteiger partial charge in [0, 0.05) is 35.5 Å². The molecule has 0 aliphatic carbocycles. The van der Waals surface area contributed by atoms with E-state index in [1.54, 1.807) is 9.80 Å². The van der Waals surface area contributed by atoms with Crippen LogP contribution >= 0.6 is 0 Å². The average Bonchev–Trinajstić information content (AvgIpc) is 3.06. The number of aromatic nitrogens is 1. The van der Waals surface area contributed by atoms with E-state index in [0.29, 0.717) is 0 Å². The lowest BCUT2D eigenvalue weighted by Gasteiger charge is -2.37. The minimum absolute atomic E-state index is 0.926. The lowest BCUT2D eigenvalue weighted by molar-refractivity contribution is -1.03. The molecule has 4 heteroatoms. The number of hydrogen-bond donors (Lipinski definition) is 4. The van der Waals surface area contributed by atoms with Gasteiger partial charge in [0.25, 0.3) is 0 Å². The molecular formula is C20H33N4+3. The third-order valence-electron chi connectivity index (χ3n) is 6.48. The van der Waals surface area contributed by atoms with E-state index >= 15 is 0 Å². The molecule has 0 radical (unpaired) electrons. The molecule has 0 unspecified atom stereocenters. The number of hydrogen-bond acceptors (Lipinski definition) is 0. The topological polar surface area (TPSA) is 29.1 Å². The minimum Gasteiger partial charge on any atom is -0.361 e. The van der Waals surface area contributed by atoms with Gasteiger partial charge in [0.1, 0.15) is 32.7 Å². The number of para-hydroxylation sites is 1. The fraction of sp³-hybridized carbons (Fsp3) is 0.600. The molecular weight excluding hydrogens is 296 g/mol. The van der Waals surface area contributed by atoms with E-state index in [1.165, 1.54) is 81.7 Å². The van der Waals surface area contributed by atoms with Crippen LogP contribution in [0.5, 0.6) is 0 Å². The number of benzene rings is 1. The number of likely N-dealkylation sites (N-methyl/N-ethyl adjacent to an activating group) is 1. The van der Waals surface area contributed by atoms with Gasteiger partial charge in [-0.25, -0.2) is 0 Å². The molecule has 0 spiro atoms. The number of nitrogens with one attached hydrogen (secondary N) is 4. The highest BCUT2D eigenvalue weighted by atomic mass is 15.3. The molecule has 0 amide bonds. The van der Waals surface area contributed by atoms with Crippen molar-refractivity contribution < 1.29 is 14.7 Å². The molecule has 130 valence electrons. The first-order chi connectivity index (χ1) is 11.8. The number of piperazine rings is 1. The van der Waals surface area contributed by atoms with E-state index in [0.717, 1.165) is 6.04 Å². The molecule has 24 heavy (non-hydrogen) atoms. The van der Waals surface area contributed by atoms with Crippen LogP contribution in [-0.4, -0.2) is 56.8 Å². The molecule has 4 N–H and O–H groups in total. The molecule has 2 fully saturated rings. The van der Waals surface area contributed by atoms with Crippen LogP contribution < -0.4 is 14.7 Å². The third-order valence-corrected chi connectivity index (χ3v) is 6.48. The first-order valence-corrected chi connectivity index (χ1v) is 9.90. The summed E-state index contributed by atoms with van der Waals surface area (Å²) in [7, 11) is 0. The summed E-state index contributed by atoms with van der Waals surface area (Å²) >= 11 is 0. The third kappa shape index (κ3) is 3.37. The zero-order valence-corrected chi connectivity index (χ0v) is 15.0. The van der Waals surface area contributed by atoms with E-state index in [4.69, 9.17) is 0 Å². The number of rotatable bonds is 4. The molecule has 2 aliphatic heterocycles. The predicted octanol–water partition coefficient (Wildman–Crippen LogP) is -1.48. The Morgan fingerprint density at radius 3 is 2.46 bits per heavy atom. The van der Waals surface area contributed by atoms with E-state index in [-0.39, 0.29) is 0 Å². The van der Waals surface area contributed by atoms with Crippen molar-refractivity contribution in [3.05, 3.63) is 36.0 Å². The van der Waals surface area contributed by atoms with Crippen LogP contribution in [0.2, 0.25) is 0 Å². The molecule has 1 aromatic carbocycles. The summed E-state index contributed by atoms with van der Waals surface area (Å²) in [6.45, 7) is 13.1. The largest absolute Gasteiger partial charge is 0.361 e. The fourth-order valence-electron chi connectivity index (χ4n) is 4.84. The molecule has 1 aromatic heterocycles. The Kier molecular flexibility index (Phi) is 4.88. The van der Waals surface area contributed by atoms with E-state index in [9.17, 15) is 0 Å². The van der Waals surface area contributed by atoms with Crippen molar-refractivity contribution in [3.8, 4) is 0 Å². The number of likely N-dealkylation sites (tertiary alicyclic amines) is 1. The number of piperidine rings is 1. The second kappa shape index (κ2) is 7.26. The van der Waals surface area contributed by atoms with Gasteiger partial charge in [0.2, 0.25) is 0 Å². The van der Waals surface area contributed by atoms with Crippen molar-refractivity contribution in [1.82, 2.24) is 4.98 Å². The number of quaternary nitrogens is 3. The van der Waals surface area contributed by atoms with Gasteiger partial charge in [-0.05, 0) is 13.0 Å². The van der Waals surface area contributed by atoms with Gasteiger partial charge in [-0.1, -0.05) is 18.2 Å². The number of aromatic amines is 1. The summed E-state index contributed by atoms with van der Waals surface area (Å²) in [6.07, 6.45) is 5.05. The minimum atomic E-state index is 0.926. The first-order valence-electron chi connectivity index (χ1n) is 9.90. The molecule has 0 atom stereocenters. The van der Waals surface area contributed by atoms with Crippen molar-refractivity contribution in [2.75, 3.05) is 45.8 Å². The molecule has 4 rings (SSSR count). The van der Waals surface area contributed by atoms with Gasteiger partial charge in [-0.15, -0.1) is 0 Å². The maximum absolute atomic E-state index is 3.43. The van der Waals surface area contributed by atoms with Gasteiger partial charge in [0.05, 0.1) is 25.7 Å². The van der Waals surface area contributed by atoms with Crippen LogP contribution in [-0.2, 0) is 6.54 Å². The number of fused-ring (bicyclic) bond motifs is 1. The maximum atomic E-state index is 3.43. The average molecular weight is 330 g/mol. The van der Waals surface area contributed by atoms with Crippen LogP contribution in [0, 0.1) is 0 Å². The Bertz CT molecular complexity index is 648. The molecule has 2 aliphatic rings. The van der Waals surface area contributed by atoms with Gasteiger partial charge in [-0.2, -0.15) is 0 Å². The predicted molar refractivity (Wildman–Crippen MR) is 97.7 cm³/mol. The van der Waals surface area contributed by atoms with Crippen molar-refractivity contribution in [3.63, 3.8) is 0 Å². The molecule has 0 bridgehead atoms. The van der Waals surface area contributed by atoms with E-state index in [2.05, 4.69) is 42.4 Å². The Balaban J connectivity index is 1.30. The quantitative estimate of drug-likeness (QED) is 0.527. The Hall–Kier alpha value is -1.36. The molecule has 0 saturated carbocycles. The summed E-state index contributed by atoms with van der Waals surface area (Å²) < 4.78 is 0. The highest BCUT2D eigenvalue weighted by Gasteiger charge is 2.33. The van der Waals surface area contributed by atoms with Gasteiger partial charge < -0.3 is 19.7 Å². The number of H-pyrrole nitrogens is 1. The SMILES string of the molecule is CC[NH+]1CC[NH+](C2CC[NH+](Cc3c[nH]c4ccccc34)CC2)CC1. The van der Waals surface area contributed by atoms with Crippen LogP contribution in [0.4, 0.5) is 0 Å². The van der Waals surface area contributed by atoms with Crippen molar-refractivity contribution in [2.24, 2.45) is 0 Å². The van der Waals surface area contributed by atoms with Crippen LogP contribution in [0.1, 0.15) is 25.3 Å². The van der Waals surface area contributed by atoms with Crippen molar-refractivity contribution in [1.29, 1.82) is 0 Å². The lowest BCUT2D eigenvalue weighted by atomic mass is 10.0. The molecule has 4 nitrogen and oxygen atoms in total. The van der Waals surface area contributed by atoms with Crippen LogP contribution in [0.3, 0.4) is 0 Å². The summed E-state index contributed by atoms with van der Waals surface area (Å²) in [5, 5.41) is 1.41. The summed E-state index contributed by atoms with van der Waals surface area (Å²) in [4.78, 5) is 8.91. The smallest absolute Gasteiger partial charge is 0.127 e. The zero-order chi connectivity index (χ0) is 16.4. The summed E-state index contributed by atoms with van der Waals surface area (Å²) in [5.41, 5.74) is 2.77. The molecule has 2 saturated heterocycles. The summed E-state index contributed by atoms with van der Waals surface area (Å²) in [6, 6.07) is 9.64. The monoisotopic (exact) mass is 329 g/mol. The Morgan fingerprint density at radius 2 is 1.71 bits per heavy atom. The van der Waals surface area contributed by atoms with E-state index in [1.807, 2.05) is 4.90 Å². The second-order valence-electron chi connectivity index (χ2n) is 7.82. The lowest BCUT2D eigenvalue weighted by Crippen LogP contribution is -3.30. The highest BCUT2D eigenvalue weighted by Crippen LogP contribution is 2.16. The fourth-order valence-corrected chi connectivity index (χ4v) is 4.84. The first kappa shape index (κ1) is 16.1. The van der Waals surface area contributed by atoms with Crippen molar-refractivity contribution >= 4 is 10.9 Å². The molecule has 2 aromatic rings. The van der Waals surface area contributed by atoms with E-state index < -0.39 is 0 Å². The van der Waals surface area contributed by atoms with Gasteiger partial charge in [0.15, 0.2) is 0 Å². The standard InChI is InChI=1S/C20H30N4/c1-2-22-11-13-24(14-12-22)18-7-9-23(10-8-18)16-17-15-21-20-6-4-3-5-19(17)20/h3-6,15,18,21H,2,7-14,16H2,1H3/p+3. The second-order valence-corrected chi connectivity index (χ2v) is 7.82. The zero-order valence-electron chi connectivity index (χ0n) is 15.0. The van der Waals surface area contributed by atoms with Crippen LogP contribution in [0.15, 0.2) is 30.5 Å². The Labute approximate surface area is 145 Å². The van der Waals surface area contributed by atoms with Gasteiger partial charge in [-0.3, -0.25) is 0 Å². The van der Waals surface area contributed by atoms with Crippen LogP contribution in [0.25, 0.3) is 10.9 Å². The highest BCUT2D eigenvalue weighted by molar-refractivity contribution is 5.82. The van der Waals surface area contributed by atoms with Crippen molar-refractivity contribution in [2.45, 2.75) is 32.4 Å². The molecule has 3 heterocycles. The van der Waals surface area contributed by atoms with Gasteiger partial charge >= 0.3 is 0 Å².